The summed E-state index contributed by atoms with van der Waals surface area (Å²) in [4.78, 5) is 12.1. The fourth-order valence-corrected chi connectivity index (χ4v) is 1.82. The van der Waals surface area contributed by atoms with Crippen molar-refractivity contribution in [1.29, 1.82) is 5.26 Å². The number of carbonyl (C=O) groups excluding carboxylic acids is 1. The molecule has 0 aromatic heterocycles. The van der Waals surface area contributed by atoms with Crippen LogP contribution in [0.2, 0.25) is 0 Å². The maximum Gasteiger partial charge on any atom is 0.340 e. The van der Waals surface area contributed by atoms with Gasteiger partial charge in [-0.25, -0.2) is 4.79 Å². The van der Waals surface area contributed by atoms with Gasteiger partial charge in [0.2, 0.25) is 0 Å². The molecule has 0 radical (unpaired) electrons. The van der Waals surface area contributed by atoms with Crippen molar-refractivity contribution >= 4 is 11.7 Å². The molecule has 106 valence electrons. The molecule has 0 spiro atoms. The molecule has 0 unspecified atom stereocenters. The van der Waals surface area contributed by atoms with Gasteiger partial charge < -0.3 is 15.2 Å². The molecular weight excluding hydrogens is 268 g/mol. The van der Waals surface area contributed by atoms with Crippen LogP contribution >= 0.6 is 0 Å². The van der Waals surface area contributed by atoms with Crippen LogP contribution in [0, 0.1) is 11.3 Å². The molecule has 2 aromatic carbocycles. The number of methoxy groups -OCH3 is 1. The molecule has 5 nitrogen and oxygen atoms in total. The average Bonchev–Trinajstić information content (AvgIpc) is 2.53. The van der Waals surface area contributed by atoms with E-state index >= 15 is 0 Å². The van der Waals surface area contributed by atoms with E-state index in [0.29, 0.717) is 22.6 Å². The van der Waals surface area contributed by atoms with Gasteiger partial charge in [-0.1, -0.05) is 18.2 Å². The summed E-state index contributed by atoms with van der Waals surface area (Å²) in [5, 5.41) is 8.99. The second kappa shape index (κ2) is 6.44. The molecule has 0 saturated heterocycles. The van der Waals surface area contributed by atoms with Gasteiger partial charge in [-0.2, -0.15) is 5.26 Å². The number of benzene rings is 2. The van der Waals surface area contributed by atoms with E-state index in [1.54, 1.807) is 36.4 Å². The van der Waals surface area contributed by atoms with Gasteiger partial charge in [0.05, 0.1) is 24.3 Å². The van der Waals surface area contributed by atoms with Crippen molar-refractivity contribution in [2.24, 2.45) is 0 Å². The van der Waals surface area contributed by atoms with Gasteiger partial charge in [-0.15, -0.1) is 0 Å². The molecule has 0 aliphatic heterocycles. The first-order chi connectivity index (χ1) is 10.2. The van der Waals surface area contributed by atoms with Gasteiger partial charge in [-0.05, 0) is 24.3 Å². The number of esters is 1. The van der Waals surface area contributed by atoms with Crippen LogP contribution in [0.25, 0.3) is 0 Å². The number of carbonyl (C=O) groups is 1. The zero-order valence-corrected chi connectivity index (χ0v) is 11.5. The van der Waals surface area contributed by atoms with Crippen LogP contribution in [-0.2, 0) is 11.3 Å². The van der Waals surface area contributed by atoms with Crippen molar-refractivity contribution in [2.75, 3.05) is 12.8 Å². The number of nitrogens with zero attached hydrogens (tertiary/aromatic N) is 1. The monoisotopic (exact) mass is 282 g/mol. The Morgan fingerprint density at radius 3 is 2.76 bits per heavy atom. The summed E-state index contributed by atoms with van der Waals surface area (Å²) in [6, 6.07) is 13.8. The summed E-state index contributed by atoms with van der Waals surface area (Å²) in [5.74, 6) is -0.0345. The predicted octanol–water partition coefficient (Wildman–Crippen LogP) is 2.51. The Balaban J connectivity index is 2.14. The van der Waals surface area contributed by atoms with E-state index in [9.17, 15) is 4.79 Å². The van der Waals surface area contributed by atoms with E-state index < -0.39 is 5.97 Å². The lowest BCUT2D eigenvalue weighted by atomic mass is 10.1. The van der Waals surface area contributed by atoms with Gasteiger partial charge in [-0.3, -0.25) is 0 Å². The molecule has 0 aliphatic rings. The van der Waals surface area contributed by atoms with E-state index in [2.05, 4.69) is 6.07 Å². The highest BCUT2D eigenvalue weighted by Crippen LogP contribution is 2.21. The Kier molecular flexibility index (Phi) is 4.42. The molecule has 0 saturated carbocycles. The highest BCUT2D eigenvalue weighted by molar-refractivity contribution is 5.95. The van der Waals surface area contributed by atoms with Crippen molar-refractivity contribution in [1.82, 2.24) is 0 Å². The standard InChI is InChI=1S/C16H14N2O3/c1-20-13-6-7-15(18)14(8-13)16(19)21-10-12-5-3-2-4-11(12)9-17/h2-8H,10,18H2,1H3. The average molecular weight is 282 g/mol. The molecule has 21 heavy (non-hydrogen) atoms. The first kappa shape index (κ1) is 14.4. The van der Waals surface area contributed by atoms with Crippen LogP contribution < -0.4 is 10.5 Å². The molecule has 2 aromatic rings. The Labute approximate surface area is 122 Å². The van der Waals surface area contributed by atoms with Crippen molar-refractivity contribution in [2.45, 2.75) is 6.61 Å². The Morgan fingerprint density at radius 1 is 1.29 bits per heavy atom. The highest BCUT2D eigenvalue weighted by Gasteiger charge is 2.13. The third-order valence-corrected chi connectivity index (χ3v) is 2.98. The summed E-state index contributed by atoms with van der Waals surface area (Å²) in [6.07, 6.45) is 0. The van der Waals surface area contributed by atoms with E-state index in [1.165, 1.54) is 13.2 Å². The number of hydrogen-bond acceptors (Lipinski definition) is 5. The first-order valence-corrected chi connectivity index (χ1v) is 6.24. The number of nitriles is 1. The Bertz CT molecular complexity index is 705. The fraction of sp³-hybridized carbons (Fsp3) is 0.125. The lowest BCUT2D eigenvalue weighted by Crippen LogP contribution is -2.09. The quantitative estimate of drug-likeness (QED) is 0.688. The van der Waals surface area contributed by atoms with Crippen molar-refractivity contribution in [3.63, 3.8) is 0 Å². The van der Waals surface area contributed by atoms with E-state index in [-0.39, 0.29) is 12.2 Å². The zero-order valence-electron chi connectivity index (χ0n) is 11.5. The van der Waals surface area contributed by atoms with Crippen LogP contribution in [0.3, 0.4) is 0 Å². The third-order valence-electron chi connectivity index (χ3n) is 2.98. The summed E-state index contributed by atoms with van der Waals surface area (Å²) in [7, 11) is 1.50. The van der Waals surface area contributed by atoms with E-state index in [4.69, 9.17) is 20.5 Å². The van der Waals surface area contributed by atoms with Gasteiger partial charge in [0.25, 0.3) is 0 Å². The van der Waals surface area contributed by atoms with Crippen LogP contribution in [0.4, 0.5) is 5.69 Å². The van der Waals surface area contributed by atoms with Crippen molar-refractivity contribution < 1.29 is 14.3 Å². The second-order valence-electron chi connectivity index (χ2n) is 4.30. The minimum atomic E-state index is -0.556. The number of rotatable bonds is 4. The number of nitrogen functional groups attached to an aromatic ring is 1. The summed E-state index contributed by atoms with van der Waals surface area (Å²) in [6.45, 7) is 0.0131. The van der Waals surface area contributed by atoms with Crippen LogP contribution in [0.15, 0.2) is 42.5 Å². The lowest BCUT2D eigenvalue weighted by Gasteiger charge is -2.09. The zero-order chi connectivity index (χ0) is 15.2. The van der Waals surface area contributed by atoms with E-state index in [1.807, 2.05) is 0 Å². The summed E-state index contributed by atoms with van der Waals surface area (Å²) in [5.41, 5.74) is 7.44. The summed E-state index contributed by atoms with van der Waals surface area (Å²) < 4.78 is 10.3. The van der Waals surface area contributed by atoms with Crippen molar-refractivity contribution in [3.8, 4) is 11.8 Å². The molecule has 5 heteroatoms. The molecule has 0 fully saturated rings. The molecule has 0 bridgehead atoms. The van der Waals surface area contributed by atoms with Gasteiger partial charge in [0.15, 0.2) is 0 Å². The Hall–Kier alpha value is -3.00. The molecule has 0 amide bonds. The second-order valence-corrected chi connectivity index (χ2v) is 4.30. The fourth-order valence-electron chi connectivity index (χ4n) is 1.82. The smallest absolute Gasteiger partial charge is 0.340 e. The third kappa shape index (κ3) is 3.31. The Morgan fingerprint density at radius 2 is 2.05 bits per heavy atom. The number of nitrogens with two attached hydrogens (primary N) is 1. The first-order valence-electron chi connectivity index (χ1n) is 6.24. The molecule has 2 rings (SSSR count). The lowest BCUT2D eigenvalue weighted by molar-refractivity contribution is 0.0473. The molecule has 0 atom stereocenters. The number of anilines is 1. The highest BCUT2D eigenvalue weighted by atomic mass is 16.5. The molecule has 2 N–H and O–H groups in total. The number of ether oxygens (including phenoxy) is 2. The normalized spacial score (nSPS) is 9.71. The molecule has 0 aliphatic carbocycles. The van der Waals surface area contributed by atoms with Crippen LogP contribution in [0.1, 0.15) is 21.5 Å². The van der Waals surface area contributed by atoms with Gasteiger partial charge in [0, 0.05) is 11.3 Å². The van der Waals surface area contributed by atoms with E-state index in [0.717, 1.165) is 0 Å². The predicted molar refractivity (Wildman–Crippen MR) is 77.7 cm³/mol. The summed E-state index contributed by atoms with van der Waals surface area (Å²) >= 11 is 0. The number of hydrogen-bond donors (Lipinski definition) is 1. The minimum Gasteiger partial charge on any atom is -0.497 e. The maximum absolute atomic E-state index is 12.1. The van der Waals surface area contributed by atoms with Crippen LogP contribution in [0.5, 0.6) is 5.75 Å². The van der Waals surface area contributed by atoms with Crippen molar-refractivity contribution in [3.05, 3.63) is 59.2 Å². The molecular formula is C16H14N2O3. The molecule has 0 heterocycles. The topological polar surface area (TPSA) is 85.3 Å². The minimum absolute atomic E-state index is 0.0131. The SMILES string of the molecule is COc1ccc(N)c(C(=O)OCc2ccccc2C#N)c1. The largest absolute Gasteiger partial charge is 0.497 e. The maximum atomic E-state index is 12.1. The van der Waals surface area contributed by atoms with Crippen LogP contribution in [-0.4, -0.2) is 13.1 Å². The van der Waals surface area contributed by atoms with Gasteiger partial charge in [0.1, 0.15) is 12.4 Å². The van der Waals surface area contributed by atoms with Gasteiger partial charge >= 0.3 is 5.97 Å².